The minimum Gasteiger partial charge on any atom is -0.377 e. The van der Waals surface area contributed by atoms with Crippen LogP contribution in [0.2, 0.25) is 0 Å². The number of hydrogen-bond acceptors (Lipinski definition) is 5. The van der Waals surface area contributed by atoms with E-state index in [-0.39, 0.29) is 69.1 Å². The van der Waals surface area contributed by atoms with Gasteiger partial charge < -0.3 is 14.4 Å². The van der Waals surface area contributed by atoms with Crippen molar-refractivity contribution in [2.24, 2.45) is 0 Å². The van der Waals surface area contributed by atoms with Gasteiger partial charge >= 0.3 is 18.5 Å². The summed E-state index contributed by atoms with van der Waals surface area (Å²) in [4.78, 5) is 18.9. The lowest BCUT2D eigenvalue weighted by Gasteiger charge is -2.42. The van der Waals surface area contributed by atoms with Crippen LogP contribution in [0.4, 0.5) is 39.5 Å². The smallest absolute Gasteiger partial charge is 0.377 e. The second-order valence-corrected chi connectivity index (χ2v) is 11.0. The minimum absolute atomic E-state index is 0. The predicted octanol–water partition coefficient (Wildman–Crippen LogP) is 6.30. The maximum atomic E-state index is 13.5. The number of alkyl halides is 9. The number of carbonyl (C=O) groups is 1. The number of ether oxygens (including phenoxy) is 2. The molecule has 2 aromatic carbocycles. The Labute approximate surface area is 272 Å². The molecule has 260 valence electrons. The highest BCUT2D eigenvalue weighted by atomic mass is 35.5. The SMILES string of the molecule is CO[C@H]1CN(CCN2CCN(C(=O)c3cc(C(F)(F)F)cc(C(F)(F)F)c3)[C@H](Cc3ccc(C(F)(F)F)cc3)C2)C[C@@H]1OC.Cl.Cl. The van der Waals surface area contributed by atoms with Crippen LogP contribution in [0.1, 0.15) is 32.6 Å². The highest BCUT2D eigenvalue weighted by Crippen LogP contribution is 2.37. The molecule has 0 radical (unpaired) electrons. The number of nitrogens with zero attached hydrogens (tertiary/aromatic N) is 3. The van der Waals surface area contributed by atoms with Crippen molar-refractivity contribution in [3.8, 4) is 0 Å². The standard InChI is InChI=1S/C29H32F9N3O3.2ClH/c1-43-24-16-40(17-25(24)44-2)8-7-39-9-10-41(23(15-39)11-18-3-5-20(6-4-18)27(30,31)32)26(42)19-12-21(28(33,34)35)14-22(13-19)29(36,37)38;;/h3-6,12-14,23-25H,7-11,15-17H2,1-2H3;2*1H/t23-,24+,25+;;/m1../s1. The molecule has 0 spiro atoms. The third-order valence-electron chi connectivity index (χ3n) is 8.04. The summed E-state index contributed by atoms with van der Waals surface area (Å²) in [5, 5.41) is 0. The van der Waals surface area contributed by atoms with Crippen LogP contribution in [0.5, 0.6) is 0 Å². The van der Waals surface area contributed by atoms with Crippen LogP contribution in [-0.4, -0.2) is 98.9 Å². The van der Waals surface area contributed by atoms with E-state index in [4.69, 9.17) is 9.47 Å². The number of methoxy groups -OCH3 is 2. The van der Waals surface area contributed by atoms with Gasteiger partial charge in [-0.2, -0.15) is 39.5 Å². The molecular weight excluding hydrogens is 680 g/mol. The molecule has 0 saturated carbocycles. The van der Waals surface area contributed by atoms with E-state index in [1.807, 2.05) is 4.90 Å². The molecule has 3 atom stereocenters. The number of rotatable bonds is 8. The molecule has 6 nitrogen and oxygen atoms in total. The van der Waals surface area contributed by atoms with Crippen LogP contribution in [0, 0.1) is 0 Å². The lowest BCUT2D eigenvalue weighted by atomic mass is 9.98. The number of piperazine rings is 1. The number of benzene rings is 2. The van der Waals surface area contributed by atoms with Crippen molar-refractivity contribution in [2.45, 2.75) is 43.2 Å². The summed E-state index contributed by atoms with van der Waals surface area (Å²) >= 11 is 0. The van der Waals surface area contributed by atoms with Gasteiger partial charge in [-0.1, -0.05) is 12.1 Å². The molecule has 0 unspecified atom stereocenters. The maximum Gasteiger partial charge on any atom is 0.416 e. The number of amides is 1. The lowest BCUT2D eigenvalue weighted by Crippen LogP contribution is -2.57. The van der Waals surface area contributed by atoms with Gasteiger partial charge in [0, 0.05) is 71.6 Å². The zero-order valence-corrected chi connectivity index (χ0v) is 26.3. The third kappa shape index (κ3) is 9.86. The predicted molar refractivity (Wildman–Crippen MR) is 155 cm³/mol. The molecule has 0 bridgehead atoms. The van der Waals surface area contributed by atoms with Crippen LogP contribution in [0.25, 0.3) is 0 Å². The van der Waals surface area contributed by atoms with E-state index in [1.165, 1.54) is 17.0 Å². The van der Waals surface area contributed by atoms with Crippen LogP contribution < -0.4 is 0 Å². The molecule has 0 aliphatic carbocycles. The number of hydrogen-bond donors (Lipinski definition) is 0. The summed E-state index contributed by atoms with van der Waals surface area (Å²) in [7, 11) is 3.18. The molecule has 46 heavy (non-hydrogen) atoms. The van der Waals surface area contributed by atoms with Crippen LogP contribution >= 0.6 is 24.8 Å². The van der Waals surface area contributed by atoms with Gasteiger partial charge in [0.25, 0.3) is 5.91 Å². The molecule has 0 N–H and O–H groups in total. The van der Waals surface area contributed by atoms with Gasteiger partial charge in [0.2, 0.25) is 0 Å². The first-order valence-corrected chi connectivity index (χ1v) is 13.8. The van der Waals surface area contributed by atoms with Crippen molar-refractivity contribution < 1.29 is 53.8 Å². The van der Waals surface area contributed by atoms with E-state index in [0.29, 0.717) is 43.9 Å². The van der Waals surface area contributed by atoms with Crippen LogP contribution in [0.3, 0.4) is 0 Å². The van der Waals surface area contributed by atoms with Crippen molar-refractivity contribution >= 4 is 30.7 Å². The van der Waals surface area contributed by atoms with Crippen molar-refractivity contribution in [1.82, 2.24) is 14.7 Å². The van der Waals surface area contributed by atoms with E-state index in [1.54, 1.807) is 14.2 Å². The molecular formula is C29H34Cl2F9N3O3. The molecule has 2 fully saturated rings. The maximum absolute atomic E-state index is 13.5. The molecule has 4 rings (SSSR count). The Morgan fingerprint density at radius 1 is 0.696 bits per heavy atom. The normalized spacial score (nSPS) is 21.5. The summed E-state index contributed by atoms with van der Waals surface area (Å²) in [6.07, 6.45) is -15.0. The van der Waals surface area contributed by atoms with Crippen molar-refractivity contribution in [1.29, 1.82) is 0 Å². The summed E-state index contributed by atoms with van der Waals surface area (Å²) in [5.41, 5.74) is -4.44. The first-order valence-electron chi connectivity index (χ1n) is 13.8. The number of likely N-dealkylation sites (tertiary alicyclic amines) is 1. The van der Waals surface area contributed by atoms with Gasteiger partial charge in [0.05, 0.1) is 28.9 Å². The molecule has 2 aromatic rings. The van der Waals surface area contributed by atoms with Gasteiger partial charge in [-0.15, -0.1) is 24.8 Å². The van der Waals surface area contributed by atoms with E-state index in [0.717, 1.165) is 12.1 Å². The van der Waals surface area contributed by atoms with Crippen LogP contribution in [0.15, 0.2) is 42.5 Å². The highest BCUT2D eigenvalue weighted by Gasteiger charge is 2.40. The molecule has 2 aliphatic rings. The topological polar surface area (TPSA) is 45.2 Å². The monoisotopic (exact) mass is 713 g/mol. The molecule has 1 amide bonds. The first kappa shape index (κ1) is 39.9. The van der Waals surface area contributed by atoms with Gasteiger partial charge in [-0.25, -0.2) is 0 Å². The quantitative estimate of drug-likeness (QED) is 0.301. The Hall–Kier alpha value is -2.30. The van der Waals surface area contributed by atoms with E-state index in [2.05, 4.69) is 4.90 Å². The Bertz CT molecular complexity index is 1250. The Balaban J connectivity index is 0.00000368. The second-order valence-electron chi connectivity index (χ2n) is 11.0. The molecule has 2 saturated heterocycles. The van der Waals surface area contributed by atoms with Gasteiger partial charge in [-0.05, 0) is 42.3 Å². The lowest BCUT2D eigenvalue weighted by molar-refractivity contribution is -0.143. The second kappa shape index (κ2) is 15.7. The summed E-state index contributed by atoms with van der Waals surface area (Å²) in [6, 6.07) is 4.26. The Kier molecular flexibility index (Phi) is 13.6. The number of carbonyl (C=O) groups excluding carboxylic acids is 1. The third-order valence-corrected chi connectivity index (χ3v) is 8.04. The van der Waals surface area contributed by atoms with Crippen molar-refractivity contribution in [2.75, 3.05) is 60.0 Å². The number of halogens is 11. The van der Waals surface area contributed by atoms with E-state index in [9.17, 15) is 44.3 Å². The zero-order chi connectivity index (χ0) is 32.4. The highest BCUT2D eigenvalue weighted by molar-refractivity contribution is 5.95. The average molecular weight is 714 g/mol. The molecule has 0 aromatic heterocycles. The Morgan fingerprint density at radius 3 is 1.63 bits per heavy atom. The largest absolute Gasteiger partial charge is 0.416 e. The van der Waals surface area contributed by atoms with Gasteiger partial charge in [0.15, 0.2) is 0 Å². The Morgan fingerprint density at radius 2 is 1.17 bits per heavy atom. The fourth-order valence-electron chi connectivity index (χ4n) is 5.65. The minimum atomic E-state index is -5.13. The summed E-state index contributed by atoms with van der Waals surface area (Å²) < 4.78 is 131. The summed E-state index contributed by atoms with van der Waals surface area (Å²) in [6.45, 7) is 2.86. The fraction of sp³-hybridized carbons (Fsp3) is 0.552. The fourth-order valence-corrected chi connectivity index (χ4v) is 5.65. The first-order chi connectivity index (χ1) is 20.5. The van der Waals surface area contributed by atoms with Gasteiger partial charge in [0.1, 0.15) is 0 Å². The van der Waals surface area contributed by atoms with Crippen LogP contribution in [-0.2, 0) is 34.4 Å². The average Bonchev–Trinajstić information content (AvgIpc) is 3.37. The van der Waals surface area contributed by atoms with Crippen molar-refractivity contribution in [3.05, 3.63) is 70.3 Å². The van der Waals surface area contributed by atoms with E-state index >= 15 is 0 Å². The van der Waals surface area contributed by atoms with Crippen molar-refractivity contribution in [3.63, 3.8) is 0 Å². The summed E-state index contributed by atoms with van der Waals surface area (Å²) in [5.74, 6) is -1.02. The van der Waals surface area contributed by atoms with Gasteiger partial charge in [-0.3, -0.25) is 14.6 Å². The zero-order valence-electron chi connectivity index (χ0n) is 24.7. The van der Waals surface area contributed by atoms with E-state index < -0.39 is 52.7 Å². The molecule has 2 aliphatic heterocycles. The molecule has 17 heteroatoms. The molecule has 2 heterocycles.